The molecule has 6 unspecified atom stereocenters. The van der Waals surface area contributed by atoms with Gasteiger partial charge in [-0.3, -0.25) is 4.79 Å². The molecule has 0 bridgehead atoms. The number of rotatable bonds is 41. The van der Waals surface area contributed by atoms with Gasteiger partial charge in [-0.1, -0.05) is 187 Å². The van der Waals surface area contributed by atoms with Crippen molar-refractivity contribution < 1.29 is 44.2 Å². The van der Waals surface area contributed by atoms with Crippen LogP contribution in [0.1, 0.15) is 219 Å². The average molecular weight is 799 g/mol. The van der Waals surface area contributed by atoms with Crippen LogP contribution in [-0.2, 0) is 23.7 Å². The Morgan fingerprint density at radius 3 is 1.45 bits per heavy atom. The van der Waals surface area contributed by atoms with Crippen molar-refractivity contribution in [3.05, 3.63) is 12.2 Å². The van der Waals surface area contributed by atoms with E-state index in [9.17, 15) is 25.2 Å². The second-order valence-electron chi connectivity index (χ2n) is 16.6. The fraction of sp³-hybridized carbons (Fsp3) is 0.936. The molecule has 0 aliphatic carbocycles. The SMILES string of the molecule is CCCCCCCCCC/C=C\CCCCCCCCCCCCCC(=O)OC(COCCCCCCCCCCCC)COC1OC(CO)C(O)C(O)C1O. The number of carbonyl (C=O) groups excluding carboxylic acids is 1. The summed E-state index contributed by atoms with van der Waals surface area (Å²) in [4.78, 5) is 12.8. The minimum absolute atomic E-state index is 0.108. The molecule has 0 aromatic heterocycles. The number of hydrogen-bond donors (Lipinski definition) is 4. The zero-order valence-electron chi connectivity index (χ0n) is 36.4. The first-order chi connectivity index (χ1) is 27.4. The van der Waals surface area contributed by atoms with Gasteiger partial charge in [0.1, 0.15) is 30.5 Å². The number of ether oxygens (including phenoxy) is 4. The van der Waals surface area contributed by atoms with Crippen LogP contribution >= 0.6 is 0 Å². The first-order valence-corrected chi connectivity index (χ1v) is 23.8. The maximum Gasteiger partial charge on any atom is 0.306 e. The zero-order chi connectivity index (χ0) is 40.7. The van der Waals surface area contributed by atoms with Crippen molar-refractivity contribution in [3.8, 4) is 0 Å². The molecule has 1 heterocycles. The van der Waals surface area contributed by atoms with Gasteiger partial charge in [-0.2, -0.15) is 0 Å². The van der Waals surface area contributed by atoms with Crippen molar-refractivity contribution in [2.75, 3.05) is 26.4 Å². The van der Waals surface area contributed by atoms with E-state index in [1.54, 1.807) is 0 Å². The van der Waals surface area contributed by atoms with Gasteiger partial charge in [-0.25, -0.2) is 0 Å². The Bertz CT molecular complexity index is 869. The minimum Gasteiger partial charge on any atom is -0.457 e. The molecule has 4 N–H and O–H groups in total. The lowest BCUT2D eigenvalue weighted by molar-refractivity contribution is -0.305. The Labute approximate surface area is 344 Å². The van der Waals surface area contributed by atoms with Crippen molar-refractivity contribution in [2.24, 2.45) is 0 Å². The second-order valence-corrected chi connectivity index (χ2v) is 16.6. The van der Waals surface area contributed by atoms with Gasteiger partial charge < -0.3 is 39.4 Å². The summed E-state index contributed by atoms with van der Waals surface area (Å²) in [5, 5.41) is 40.1. The highest BCUT2D eigenvalue weighted by atomic mass is 16.7. The molecule has 9 heteroatoms. The molecule has 9 nitrogen and oxygen atoms in total. The topological polar surface area (TPSA) is 135 Å². The molecule has 0 spiro atoms. The predicted molar refractivity (Wildman–Crippen MR) is 229 cm³/mol. The number of allylic oxidation sites excluding steroid dienone is 2. The molecule has 1 aliphatic rings. The highest BCUT2D eigenvalue weighted by Gasteiger charge is 2.44. The van der Waals surface area contributed by atoms with E-state index in [0.717, 1.165) is 32.1 Å². The monoisotopic (exact) mass is 799 g/mol. The molecule has 6 atom stereocenters. The standard InChI is InChI=1S/C47H90O9/c1-3-5-7-9-11-13-15-16-17-18-19-20-21-22-23-24-25-26-27-28-30-32-34-36-43(49)55-41(39-53-37-35-33-31-29-14-12-10-8-6-4-2)40-54-47-46(52)45(51)44(50)42(38-48)56-47/h18-19,41-42,44-48,50-52H,3-17,20-40H2,1-2H3/b19-18-. The Hall–Kier alpha value is -1.07. The highest BCUT2D eigenvalue weighted by molar-refractivity contribution is 5.69. The molecule has 1 rings (SSSR count). The lowest BCUT2D eigenvalue weighted by atomic mass is 9.99. The number of hydrogen-bond acceptors (Lipinski definition) is 9. The van der Waals surface area contributed by atoms with Crippen LogP contribution in [-0.4, -0.2) is 89.6 Å². The average Bonchev–Trinajstić information content (AvgIpc) is 3.20. The third-order valence-corrected chi connectivity index (χ3v) is 11.2. The first-order valence-electron chi connectivity index (χ1n) is 23.8. The summed E-state index contributed by atoms with van der Waals surface area (Å²) in [7, 11) is 0. The first kappa shape index (κ1) is 52.9. The maximum absolute atomic E-state index is 12.8. The molecular weight excluding hydrogens is 709 g/mol. The Morgan fingerprint density at radius 1 is 0.554 bits per heavy atom. The number of aliphatic hydroxyl groups excluding tert-OH is 4. The summed E-state index contributed by atoms with van der Waals surface area (Å²) >= 11 is 0. The van der Waals surface area contributed by atoms with Crippen molar-refractivity contribution >= 4 is 5.97 Å². The number of carbonyl (C=O) groups is 1. The van der Waals surface area contributed by atoms with Crippen molar-refractivity contribution in [1.29, 1.82) is 0 Å². The summed E-state index contributed by atoms with van der Waals surface area (Å²) in [5.41, 5.74) is 0. The molecule has 1 saturated heterocycles. The molecule has 1 fully saturated rings. The summed E-state index contributed by atoms with van der Waals surface area (Å²) in [6.45, 7) is 4.58. The van der Waals surface area contributed by atoms with Gasteiger partial charge in [0.05, 0.1) is 19.8 Å². The van der Waals surface area contributed by atoms with E-state index in [0.29, 0.717) is 13.0 Å². The van der Waals surface area contributed by atoms with Gasteiger partial charge in [0.25, 0.3) is 0 Å². The lowest BCUT2D eigenvalue weighted by Gasteiger charge is -2.39. The van der Waals surface area contributed by atoms with E-state index in [4.69, 9.17) is 18.9 Å². The second kappa shape index (κ2) is 39.4. The largest absolute Gasteiger partial charge is 0.457 e. The van der Waals surface area contributed by atoms with Gasteiger partial charge in [-0.15, -0.1) is 0 Å². The molecule has 0 aromatic carbocycles. The van der Waals surface area contributed by atoms with Crippen LogP contribution in [0.15, 0.2) is 12.2 Å². The van der Waals surface area contributed by atoms with Crippen LogP contribution in [0.2, 0.25) is 0 Å². The normalized spacial score (nSPS) is 20.6. The van der Waals surface area contributed by atoms with Crippen LogP contribution in [0.25, 0.3) is 0 Å². The Kier molecular flexibility index (Phi) is 37.2. The van der Waals surface area contributed by atoms with Crippen molar-refractivity contribution in [1.82, 2.24) is 0 Å². The van der Waals surface area contributed by atoms with Crippen LogP contribution in [0.5, 0.6) is 0 Å². The number of aliphatic hydroxyl groups is 4. The molecule has 0 saturated carbocycles. The van der Waals surface area contributed by atoms with Crippen LogP contribution in [0, 0.1) is 0 Å². The fourth-order valence-electron chi connectivity index (χ4n) is 7.43. The molecule has 0 radical (unpaired) electrons. The third kappa shape index (κ3) is 30.0. The fourth-order valence-corrected chi connectivity index (χ4v) is 7.43. The van der Waals surface area contributed by atoms with E-state index in [-0.39, 0.29) is 19.2 Å². The quantitative estimate of drug-likeness (QED) is 0.0271. The molecule has 332 valence electrons. The molecule has 1 aliphatic heterocycles. The van der Waals surface area contributed by atoms with E-state index in [1.165, 1.54) is 167 Å². The summed E-state index contributed by atoms with van der Waals surface area (Å²) in [5.74, 6) is -0.311. The van der Waals surface area contributed by atoms with E-state index in [2.05, 4.69) is 26.0 Å². The predicted octanol–water partition coefficient (Wildman–Crippen LogP) is 10.8. The summed E-state index contributed by atoms with van der Waals surface area (Å²) in [6, 6.07) is 0. The molecule has 0 aromatic rings. The van der Waals surface area contributed by atoms with Gasteiger partial charge in [0.15, 0.2) is 6.29 Å². The molecular formula is C47H90O9. The Morgan fingerprint density at radius 2 is 0.982 bits per heavy atom. The summed E-state index contributed by atoms with van der Waals surface area (Å²) < 4.78 is 22.8. The van der Waals surface area contributed by atoms with E-state index >= 15 is 0 Å². The van der Waals surface area contributed by atoms with Crippen LogP contribution < -0.4 is 0 Å². The number of unbranched alkanes of at least 4 members (excludes halogenated alkanes) is 28. The Balaban J connectivity index is 2.16. The van der Waals surface area contributed by atoms with Gasteiger partial charge in [0.2, 0.25) is 0 Å². The van der Waals surface area contributed by atoms with Gasteiger partial charge >= 0.3 is 5.97 Å². The van der Waals surface area contributed by atoms with E-state index in [1.807, 2.05) is 0 Å². The van der Waals surface area contributed by atoms with Crippen molar-refractivity contribution in [2.45, 2.75) is 256 Å². The van der Waals surface area contributed by atoms with Crippen LogP contribution in [0.3, 0.4) is 0 Å². The van der Waals surface area contributed by atoms with E-state index < -0.39 is 43.4 Å². The van der Waals surface area contributed by atoms with Crippen LogP contribution in [0.4, 0.5) is 0 Å². The lowest BCUT2D eigenvalue weighted by Crippen LogP contribution is -2.59. The van der Waals surface area contributed by atoms with Crippen molar-refractivity contribution in [3.63, 3.8) is 0 Å². The molecule has 0 amide bonds. The van der Waals surface area contributed by atoms with Gasteiger partial charge in [0, 0.05) is 13.0 Å². The third-order valence-electron chi connectivity index (χ3n) is 11.2. The van der Waals surface area contributed by atoms with Gasteiger partial charge in [-0.05, 0) is 38.5 Å². The number of esters is 1. The summed E-state index contributed by atoms with van der Waals surface area (Å²) in [6.07, 6.45) is 36.8. The zero-order valence-corrected chi connectivity index (χ0v) is 36.4. The minimum atomic E-state index is -1.53. The molecule has 56 heavy (non-hydrogen) atoms. The maximum atomic E-state index is 12.8. The highest BCUT2D eigenvalue weighted by Crippen LogP contribution is 2.23. The smallest absolute Gasteiger partial charge is 0.306 e.